The molecule has 0 spiro atoms. The fourth-order valence-corrected chi connectivity index (χ4v) is 0.523. The molecule has 3 heteroatoms. The number of hydrogen-bond acceptors (Lipinski definition) is 2. The van der Waals surface area contributed by atoms with Crippen molar-refractivity contribution in [2.45, 2.75) is 39.8 Å². The summed E-state index contributed by atoms with van der Waals surface area (Å²) in [7, 11) is 0. The van der Waals surface area contributed by atoms with Crippen molar-refractivity contribution in [2.75, 3.05) is 0 Å². The van der Waals surface area contributed by atoms with Crippen LogP contribution in [0.5, 0.6) is 0 Å². The first-order valence-corrected chi connectivity index (χ1v) is 4.01. The molecule has 0 saturated carbocycles. The van der Waals surface area contributed by atoms with E-state index in [0.717, 1.165) is 0 Å². The van der Waals surface area contributed by atoms with Gasteiger partial charge in [0.2, 0.25) is 5.91 Å². The zero-order valence-electron chi connectivity index (χ0n) is 7.72. The Balaban J connectivity index is 3.76. The third kappa shape index (κ3) is 3.98. The third-order valence-electron chi connectivity index (χ3n) is 1.78. The molecule has 1 amide bonds. The van der Waals surface area contributed by atoms with Gasteiger partial charge in [-0.1, -0.05) is 13.8 Å². The van der Waals surface area contributed by atoms with E-state index in [-0.39, 0.29) is 11.9 Å². The normalized spacial score (nSPS) is 16.2. The van der Waals surface area contributed by atoms with Crippen molar-refractivity contribution >= 4 is 5.91 Å². The maximum absolute atomic E-state index is 11.0. The molecule has 0 saturated heterocycles. The van der Waals surface area contributed by atoms with Gasteiger partial charge in [0.15, 0.2) is 0 Å². The van der Waals surface area contributed by atoms with Crippen LogP contribution in [0.1, 0.15) is 27.7 Å². The Labute approximate surface area is 68.3 Å². The minimum absolute atomic E-state index is 0.0776. The minimum Gasteiger partial charge on any atom is -0.352 e. The van der Waals surface area contributed by atoms with Gasteiger partial charge in [-0.3, -0.25) is 4.79 Å². The van der Waals surface area contributed by atoms with Gasteiger partial charge in [-0.05, 0) is 19.8 Å². The quantitative estimate of drug-likeness (QED) is 0.628. The van der Waals surface area contributed by atoms with Gasteiger partial charge in [0.25, 0.3) is 0 Å². The van der Waals surface area contributed by atoms with Gasteiger partial charge in [0.05, 0.1) is 6.04 Å². The predicted molar refractivity (Wildman–Crippen MR) is 46.1 cm³/mol. The first-order valence-electron chi connectivity index (χ1n) is 4.01. The van der Waals surface area contributed by atoms with E-state index in [4.69, 9.17) is 5.73 Å². The van der Waals surface area contributed by atoms with E-state index in [1.165, 1.54) is 0 Å². The molecule has 2 atom stereocenters. The van der Waals surface area contributed by atoms with E-state index in [9.17, 15) is 4.79 Å². The Morgan fingerprint density at radius 1 is 1.27 bits per heavy atom. The molecule has 0 rings (SSSR count). The minimum atomic E-state index is -0.406. The summed E-state index contributed by atoms with van der Waals surface area (Å²) < 4.78 is 0. The lowest BCUT2D eigenvalue weighted by Gasteiger charge is -2.18. The lowest BCUT2D eigenvalue weighted by Crippen LogP contribution is -2.44. The van der Waals surface area contributed by atoms with Crippen molar-refractivity contribution in [1.82, 2.24) is 5.32 Å². The molecule has 0 bridgehead atoms. The molecule has 66 valence electrons. The first-order chi connectivity index (χ1) is 4.95. The van der Waals surface area contributed by atoms with E-state index >= 15 is 0 Å². The van der Waals surface area contributed by atoms with Gasteiger partial charge in [0.1, 0.15) is 0 Å². The second-order valence-electron chi connectivity index (χ2n) is 3.33. The Bertz CT molecular complexity index is 132. The summed E-state index contributed by atoms with van der Waals surface area (Å²) >= 11 is 0. The average molecular weight is 158 g/mol. The molecule has 0 aliphatic carbocycles. The number of rotatable bonds is 3. The number of carbonyl (C=O) groups is 1. The zero-order chi connectivity index (χ0) is 9.02. The number of nitrogens with one attached hydrogen (secondary N) is 1. The third-order valence-corrected chi connectivity index (χ3v) is 1.78. The van der Waals surface area contributed by atoms with Crippen LogP contribution >= 0.6 is 0 Å². The molecule has 0 aromatic heterocycles. The van der Waals surface area contributed by atoms with Crippen LogP contribution in [0.4, 0.5) is 0 Å². The summed E-state index contributed by atoms with van der Waals surface area (Å²) in [6.07, 6.45) is 0. The highest BCUT2D eigenvalue weighted by Crippen LogP contribution is 1.99. The molecule has 3 nitrogen and oxygen atoms in total. The summed E-state index contributed by atoms with van der Waals surface area (Å²) in [6, 6.07) is -0.204. The molecule has 0 aromatic rings. The van der Waals surface area contributed by atoms with Crippen molar-refractivity contribution in [3.05, 3.63) is 0 Å². The van der Waals surface area contributed by atoms with Crippen LogP contribution in [0.15, 0.2) is 0 Å². The molecule has 11 heavy (non-hydrogen) atoms. The summed E-state index contributed by atoms with van der Waals surface area (Å²) in [4.78, 5) is 11.0. The average Bonchev–Trinajstić information content (AvgIpc) is 1.87. The lowest BCUT2D eigenvalue weighted by atomic mass is 10.1. The molecule has 0 fully saturated rings. The summed E-state index contributed by atoms with van der Waals surface area (Å²) in [6.45, 7) is 7.78. The van der Waals surface area contributed by atoms with E-state index in [2.05, 4.69) is 19.2 Å². The van der Waals surface area contributed by atoms with E-state index < -0.39 is 6.04 Å². The highest BCUT2D eigenvalue weighted by Gasteiger charge is 2.12. The molecular weight excluding hydrogens is 140 g/mol. The molecule has 3 N–H and O–H groups in total. The van der Waals surface area contributed by atoms with Gasteiger partial charge < -0.3 is 11.1 Å². The number of amides is 1. The summed E-state index contributed by atoms with van der Waals surface area (Å²) in [5, 5.41) is 2.81. The van der Waals surface area contributed by atoms with E-state index in [0.29, 0.717) is 5.92 Å². The van der Waals surface area contributed by atoms with Crippen molar-refractivity contribution < 1.29 is 4.79 Å². The molecule has 0 aliphatic rings. The van der Waals surface area contributed by atoms with Crippen molar-refractivity contribution in [3.63, 3.8) is 0 Å². The monoisotopic (exact) mass is 158 g/mol. The maximum Gasteiger partial charge on any atom is 0.236 e. The second-order valence-corrected chi connectivity index (χ2v) is 3.33. The van der Waals surface area contributed by atoms with E-state index in [1.807, 2.05) is 6.92 Å². The van der Waals surface area contributed by atoms with Gasteiger partial charge in [-0.15, -0.1) is 0 Å². The molecular formula is C8H18N2O. The largest absolute Gasteiger partial charge is 0.352 e. The fraction of sp³-hybridized carbons (Fsp3) is 0.875. The highest BCUT2D eigenvalue weighted by molar-refractivity contribution is 5.81. The van der Waals surface area contributed by atoms with Crippen molar-refractivity contribution in [2.24, 2.45) is 11.7 Å². The van der Waals surface area contributed by atoms with Gasteiger partial charge in [-0.25, -0.2) is 0 Å². The van der Waals surface area contributed by atoms with Crippen molar-refractivity contribution in [3.8, 4) is 0 Å². The fourth-order valence-electron chi connectivity index (χ4n) is 0.523. The van der Waals surface area contributed by atoms with Gasteiger partial charge in [0, 0.05) is 6.04 Å². The topological polar surface area (TPSA) is 55.1 Å². The van der Waals surface area contributed by atoms with E-state index in [1.54, 1.807) is 6.92 Å². The Morgan fingerprint density at radius 2 is 1.73 bits per heavy atom. The molecule has 0 aromatic carbocycles. The standard InChI is InChI=1S/C8H18N2O/c1-5(2)7(4)10-8(11)6(3)9/h5-7H,9H2,1-4H3,(H,10,11)/t6-,7?/m1/s1. The summed E-state index contributed by atoms with van der Waals surface area (Å²) in [5.41, 5.74) is 5.37. The van der Waals surface area contributed by atoms with Crippen LogP contribution in [0.3, 0.4) is 0 Å². The number of hydrogen-bond donors (Lipinski definition) is 2. The highest BCUT2D eigenvalue weighted by atomic mass is 16.2. The van der Waals surface area contributed by atoms with Crippen LogP contribution in [-0.4, -0.2) is 18.0 Å². The molecule has 0 radical (unpaired) electrons. The lowest BCUT2D eigenvalue weighted by molar-refractivity contribution is -0.122. The molecule has 1 unspecified atom stereocenters. The van der Waals surface area contributed by atoms with Crippen molar-refractivity contribution in [1.29, 1.82) is 0 Å². The van der Waals surface area contributed by atoms with Crippen LogP contribution < -0.4 is 11.1 Å². The van der Waals surface area contributed by atoms with Crippen LogP contribution in [-0.2, 0) is 4.79 Å². The van der Waals surface area contributed by atoms with Gasteiger partial charge in [-0.2, -0.15) is 0 Å². The predicted octanol–water partition coefficient (Wildman–Crippen LogP) is 0.494. The Morgan fingerprint density at radius 3 is 2.00 bits per heavy atom. The zero-order valence-corrected chi connectivity index (χ0v) is 7.72. The Hall–Kier alpha value is -0.570. The maximum atomic E-state index is 11.0. The smallest absolute Gasteiger partial charge is 0.236 e. The number of carbonyl (C=O) groups excluding carboxylic acids is 1. The first kappa shape index (κ1) is 10.4. The molecule has 0 heterocycles. The molecule has 0 aliphatic heterocycles. The van der Waals surface area contributed by atoms with Crippen LogP contribution in [0, 0.1) is 5.92 Å². The number of nitrogens with two attached hydrogens (primary N) is 1. The van der Waals surface area contributed by atoms with Crippen LogP contribution in [0.2, 0.25) is 0 Å². The summed E-state index contributed by atoms with van der Waals surface area (Å²) in [5.74, 6) is 0.379. The second kappa shape index (κ2) is 4.34. The van der Waals surface area contributed by atoms with Gasteiger partial charge >= 0.3 is 0 Å². The SMILES string of the molecule is CC(C)C(C)NC(=O)[C@@H](C)N. The Kier molecular flexibility index (Phi) is 4.11. The van der Waals surface area contributed by atoms with Crippen LogP contribution in [0.25, 0.3) is 0 Å².